The molecule has 0 fully saturated rings. The van der Waals surface area contributed by atoms with Gasteiger partial charge in [0.25, 0.3) is 10.0 Å². The summed E-state index contributed by atoms with van der Waals surface area (Å²) < 4.78 is 32.5. The monoisotopic (exact) mass is 346 g/mol. The first-order valence-corrected chi connectivity index (χ1v) is 8.96. The van der Waals surface area contributed by atoms with E-state index in [0.29, 0.717) is 13.2 Å². The van der Waals surface area contributed by atoms with E-state index >= 15 is 0 Å². The van der Waals surface area contributed by atoms with Crippen LogP contribution in [0.5, 0.6) is 0 Å². The van der Waals surface area contributed by atoms with E-state index in [1.54, 1.807) is 0 Å². The lowest BCUT2D eigenvalue weighted by Gasteiger charge is -2.10. The molecular weight excluding hydrogens is 332 g/mol. The Labute approximate surface area is 133 Å². The van der Waals surface area contributed by atoms with Gasteiger partial charge >= 0.3 is 0 Å². The number of thiazole rings is 1. The number of aromatic nitrogens is 1. The minimum atomic E-state index is -3.59. The van der Waals surface area contributed by atoms with Gasteiger partial charge in [-0.05, 0) is 18.1 Å². The van der Waals surface area contributed by atoms with Crippen molar-refractivity contribution in [1.29, 1.82) is 0 Å². The summed E-state index contributed by atoms with van der Waals surface area (Å²) in [6.07, 6.45) is 1.25. The number of nitrogens with zero attached hydrogens (tertiary/aromatic N) is 1. The third kappa shape index (κ3) is 4.49. The van der Waals surface area contributed by atoms with Crippen LogP contribution in [-0.4, -0.2) is 20.0 Å². The summed E-state index contributed by atoms with van der Waals surface area (Å²) in [7, 11) is -3.59. The Bertz CT molecular complexity index is 701. The summed E-state index contributed by atoms with van der Waals surface area (Å²) >= 11 is 6.59. The lowest BCUT2D eigenvalue weighted by atomic mass is 10.1. The van der Waals surface area contributed by atoms with E-state index < -0.39 is 10.0 Å². The molecule has 8 heteroatoms. The molecule has 0 saturated carbocycles. The lowest BCUT2D eigenvalue weighted by Crippen LogP contribution is -2.23. The van der Waals surface area contributed by atoms with Gasteiger partial charge in [-0.15, -0.1) is 0 Å². The molecule has 21 heavy (non-hydrogen) atoms. The summed E-state index contributed by atoms with van der Waals surface area (Å²) in [6.45, 7) is 3.18. The highest BCUT2D eigenvalue weighted by atomic mass is 35.5. The fraction of sp³-hybridized carbons (Fsp3) is 0.308. The summed E-state index contributed by atoms with van der Waals surface area (Å²) in [5.74, 6) is 0. The molecule has 0 atom stereocenters. The maximum atomic E-state index is 12.1. The molecule has 114 valence electrons. The highest BCUT2D eigenvalue weighted by molar-refractivity contribution is 7.91. The summed E-state index contributed by atoms with van der Waals surface area (Å²) in [6, 6.07) is 7.55. The standard InChI is InChI=1S/C13H15ClN2O3S2/c1-2-19-9-11-6-4-3-5-10(11)7-16-21(17,18)12-8-15-13(14)20-12/h3-6,8,16H,2,7,9H2,1H3. The molecule has 1 aromatic carbocycles. The Morgan fingerprint density at radius 1 is 1.33 bits per heavy atom. The predicted octanol–water partition coefficient (Wildman–Crippen LogP) is 2.81. The van der Waals surface area contributed by atoms with Crippen molar-refractivity contribution >= 4 is 33.0 Å². The zero-order chi connectivity index (χ0) is 15.3. The van der Waals surface area contributed by atoms with Gasteiger partial charge < -0.3 is 4.74 Å². The van der Waals surface area contributed by atoms with E-state index in [9.17, 15) is 8.42 Å². The van der Waals surface area contributed by atoms with Gasteiger partial charge in [-0.3, -0.25) is 0 Å². The van der Waals surface area contributed by atoms with Crippen LogP contribution in [-0.2, 0) is 27.9 Å². The van der Waals surface area contributed by atoms with E-state index in [-0.39, 0.29) is 15.2 Å². The number of hydrogen-bond donors (Lipinski definition) is 1. The maximum Gasteiger partial charge on any atom is 0.252 e. The lowest BCUT2D eigenvalue weighted by molar-refractivity contribution is 0.133. The summed E-state index contributed by atoms with van der Waals surface area (Å²) in [4.78, 5) is 3.74. The van der Waals surface area contributed by atoms with Gasteiger partial charge in [0.05, 0.1) is 12.8 Å². The fourth-order valence-electron chi connectivity index (χ4n) is 1.69. The minimum Gasteiger partial charge on any atom is -0.377 e. The molecule has 0 saturated heterocycles. The van der Waals surface area contributed by atoms with Crippen LogP contribution in [0.4, 0.5) is 0 Å². The molecule has 0 spiro atoms. The number of nitrogens with one attached hydrogen (secondary N) is 1. The number of benzene rings is 1. The number of hydrogen-bond acceptors (Lipinski definition) is 5. The topological polar surface area (TPSA) is 68.3 Å². The Balaban J connectivity index is 2.09. The Kier molecular flexibility index (Phi) is 5.72. The minimum absolute atomic E-state index is 0.106. The van der Waals surface area contributed by atoms with E-state index in [1.165, 1.54) is 6.20 Å². The molecule has 0 aliphatic heterocycles. The molecule has 5 nitrogen and oxygen atoms in total. The van der Waals surface area contributed by atoms with Gasteiger partial charge in [-0.1, -0.05) is 47.2 Å². The molecule has 0 aliphatic carbocycles. The zero-order valence-electron chi connectivity index (χ0n) is 11.4. The Hall–Kier alpha value is -0.990. The molecule has 0 amide bonds. The molecule has 1 N–H and O–H groups in total. The van der Waals surface area contributed by atoms with Crippen molar-refractivity contribution in [1.82, 2.24) is 9.71 Å². The van der Waals surface area contributed by atoms with Crippen LogP contribution >= 0.6 is 22.9 Å². The first-order chi connectivity index (χ1) is 10.0. The largest absolute Gasteiger partial charge is 0.377 e. The third-order valence-corrected chi connectivity index (χ3v) is 5.73. The van der Waals surface area contributed by atoms with Crippen molar-refractivity contribution in [3.63, 3.8) is 0 Å². The van der Waals surface area contributed by atoms with Crippen LogP contribution in [0.15, 0.2) is 34.7 Å². The van der Waals surface area contributed by atoms with Gasteiger partial charge in [-0.2, -0.15) is 0 Å². The zero-order valence-corrected chi connectivity index (χ0v) is 13.8. The van der Waals surface area contributed by atoms with Crippen LogP contribution in [0.25, 0.3) is 0 Å². The Morgan fingerprint density at radius 2 is 2.05 bits per heavy atom. The molecule has 0 unspecified atom stereocenters. The van der Waals surface area contributed by atoms with Gasteiger partial charge in [0.15, 0.2) is 8.68 Å². The normalized spacial score (nSPS) is 11.7. The second kappa shape index (κ2) is 7.33. The highest BCUT2D eigenvalue weighted by Crippen LogP contribution is 2.22. The van der Waals surface area contributed by atoms with Crippen LogP contribution < -0.4 is 4.72 Å². The molecule has 2 aromatic rings. The second-order valence-electron chi connectivity index (χ2n) is 4.16. The van der Waals surface area contributed by atoms with Crippen LogP contribution in [0, 0.1) is 0 Å². The molecule has 0 bridgehead atoms. The van der Waals surface area contributed by atoms with E-state index in [2.05, 4.69) is 9.71 Å². The number of rotatable bonds is 7. The van der Waals surface area contributed by atoms with Crippen molar-refractivity contribution in [3.05, 3.63) is 46.1 Å². The highest BCUT2D eigenvalue weighted by Gasteiger charge is 2.17. The molecule has 1 heterocycles. The smallest absolute Gasteiger partial charge is 0.252 e. The average molecular weight is 347 g/mol. The van der Waals surface area contributed by atoms with Crippen LogP contribution in [0.3, 0.4) is 0 Å². The maximum absolute atomic E-state index is 12.1. The van der Waals surface area contributed by atoms with E-state index in [0.717, 1.165) is 22.5 Å². The third-order valence-electron chi connectivity index (χ3n) is 2.75. The molecule has 2 rings (SSSR count). The van der Waals surface area contributed by atoms with Crippen molar-refractivity contribution in [2.24, 2.45) is 0 Å². The van der Waals surface area contributed by atoms with E-state index in [1.807, 2.05) is 31.2 Å². The van der Waals surface area contributed by atoms with Crippen molar-refractivity contribution in [3.8, 4) is 0 Å². The van der Waals surface area contributed by atoms with Crippen molar-refractivity contribution in [2.75, 3.05) is 6.61 Å². The Morgan fingerprint density at radius 3 is 2.67 bits per heavy atom. The molecule has 1 aromatic heterocycles. The first kappa shape index (κ1) is 16.4. The van der Waals surface area contributed by atoms with Crippen LogP contribution in [0.1, 0.15) is 18.1 Å². The second-order valence-corrected chi connectivity index (χ2v) is 7.77. The number of sulfonamides is 1. The first-order valence-electron chi connectivity index (χ1n) is 6.28. The quantitative estimate of drug-likeness (QED) is 0.837. The summed E-state index contributed by atoms with van der Waals surface area (Å²) in [5.41, 5.74) is 1.84. The van der Waals surface area contributed by atoms with Gasteiger partial charge in [0.1, 0.15) is 0 Å². The number of halogens is 1. The average Bonchev–Trinajstić information content (AvgIpc) is 2.91. The summed E-state index contributed by atoms with van der Waals surface area (Å²) in [5, 5.41) is 0. The van der Waals surface area contributed by atoms with Crippen molar-refractivity contribution < 1.29 is 13.2 Å². The molecular formula is C13H15ClN2O3S2. The number of ether oxygens (including phenoxy) is 1. The molecule has 0 radical (unpaired) electrons. The van der Waals surface area contributed by atoms with Gasteiger partial charge in [0.2, 0.25) is 0 Å². The van der Waals surface area contributed by atoms with Gasteiger partial charge in [0, 0.05) is 13.2 Å². The predicted molar refractivity (Wildman–Crippen MR) is 82.9 cm³/mol. The van der Waals surface area contributed by atoms with Crippen LogP contribution in [0.2, 0.25) is 4.47 Å². The fourth-order valence-corrected chi connectivity index (χ4v) is 4.03. The molecule has 0 aliphatic rings. The SMILES string of the molecule is CCOCc1ccccc1CNS(=O)(=O)c1cnc(Cl)s1. The van der Waals surface area contributed by atoms with Gasteiger partial charge in [-0.25, -0.2) is 18.1 Å². The van der Waals surface area contributed by atoms with E-state index in [4.69, 9.17) is 16.3 Å². The van der Waals surface area contributed by atoms with Crippen molar-refractivity contribution in [2.45, 2.75) is 24.3 Å².